The number of halogens is 1. The van der Waals surface area contributed by atoms with Crippen molar-refractivity contribution < 1.29 is 16.8 Å². The quantitative estimate of drug-likeness (QED) is 0.375. The maximum absolute atomic E-state index is 12.9. The van der Waals surface area contributed by atoms with Gasteiger partial charge < -0.3 is 0 Å². The maximum atomic E-state index is 12.9. The van der Waals surface area contributed by atoms with E-state index in [-0.39, 0.29) is 15.5 Å². The highest BCUT2D eigenvalue weighted by atomic mass is 79.9. The third-order valence-electron chi connectivity index (χ3n) is 4.11. The molecule has 0 aliphatic carbocycles. The molecule has 0 unspecified atom stereocenters. The van der Waals surface area contributed by atoms with E-state index in [1.807, 2.05) is 0 Å². The molecule has 3 aromatic rings. The molecule has 0 atom stereocenters. The van der Waals surface area contributed by atoms with Crippen LogP contribution in [0.15, 0.2) is 98.2 Å². The summed E-state index contributed by atoms with van der Waals surface area (Å²) in [4.78, 5) is 0.170. The van der Waals surface area contributed by atoms with Gasteiger partial charge in [0.1, 0.15) is 0 Å². The number of primary sulfonamides is 1. The largest absolute Gasteiger partial charge is 0.278 e. The molecule has 7 nitrogen and oxygen atoms in total. The lowest BCUT2D eigenvalue weighted by molar-refractivity contribution is 0.596. The van der Waals surface area contributed by atoms with Gasteiger partial charge in [-0.05, 0) is 54.1 Å². The Morgan fingerprint density at radius 1 is 0.833 bits per heavy atom. The van der Waals surface area contributed by atoms with Crippen LogP contribution in [0.5, 0.6) is 0 Å². The molecule has 0 bridgehead atoms. The Labute approximate surface area is 183 Å². The minimum absolute atomic E-state index is 0.0307. The molecule has 0 saturated carbocycles. The molecule has 0 fully saturated rings. The zero-order valence-electron chi connectivity index (χ0n) is 15.6. The lowest BCUT2D eigenvalue weighted by Crippen LogP contribution is -2.19. The van der Waals surface area contributed by atoms with E-state index in [2.05, 4.69) is 26.5 Å². The van der Waals surface area contributed by atoms with Gasteiger partial charge in [-0.1, -0.05) is 46.3 Å². The predicted molar refractivity (Wildman–Crippen MR) is 121 cm³/mol. The zero-order chi connectivity index (χ0) is 21.8. The van der Waals surface area contributed by atoms with E-state index in [1.54, 1.807) is 42.5 Å². The molecule has 0 aromatic heterocycles. The van der Waals surface area contributed by atoms with Gasteiger partial charge >= 0.3 is 0 Å². The van der Waals surface area contributed by atoms with Crippen LogP contribution in [0.25, 0.3) is 0 Å². The Balaban J connectivity index is 1.92. The van der Waals surface area contributed by atoms with Crippen LogP contribution in [-0.2, 0) is 19.9 Å². The van der Waals surface area contributed by atoms with E-state index < -0.39 is 19.9 Å². The van der Waals surface area contributed by atoms with Crippen molar-refractivity contribution in [3.63, 3.8) is 0 Å². The molecule has 0 aliphatic rings. The van der Waals surface area contributed by atoms with Crippen LogP contribution in [0.3, 0.4) is 0 Å². The fourth-order valence-corrected chi connectivity index (χ4v) is 4.67. The smallest absolute Gasteiger partial charge is 0.238 e. The number of sulfonamides is 1. The van der Waals surface area contributed by atoms with Crippen LogP contribution in [0.1, 0.15) is 5.56 Å². The zero-order valence-corrected chi connectivity index (χ0v) is 18.8. The summed E-state index contributed by atoms with van der Waals surface area (Å²) in [5, 5.41) is 9.38. The Hall–Kier alpha value is -2.53. The third kappa shape index (κ3) is 5.76. The summed E-state index contributed by atoms with van der Waals surface area (Å²) in [7, 11) is -7.43. The number of nitrogens with two attached hydrogens (primary N) is 1. The predicted octanol–water partition coefficient (Wildman–Crippen LogP) is 3.39. The highest BCUT2D eigenvalue weighted by molar-refractivity contribution is 9.10. The van der Waals surface area contributed by atoms with Crippen molar-refractivity contribution in [2.24, 2.45) is 10.2 Å². The van der Waals surface area contributed by atoms with Gasteiger partial charge in [0.15, 0.2) is 9.84 Å². The minimum Gasteiger partial charge on any atom is -0.278 e. The lowest BCUT2D eigenvalue weighted by Gasteiger charge is -2.10. The fraction of sp³-hybridized carbons (Fsp3) is 0.0500. The lowest BCUT2D eigenvalue weighted by atomic mass is 10.1. The van der Waals surface area contributed by atoms with Crippen molar-refractivity contribution in [3.05, 3.63) is 88.9 Å². The maximum Gasteiger partial charge on any atom is 0.238 e. The van der Waals surface area contributed by atoms with E-state index in [1.165, 1.54) is 36.4 Å². The molecule has 0 amide bonds. The number of anilines is 1. The fourth-order valence-electron chi connectivity index (χ4n) is 2.56. The van der Waals surface area contributed by atoms with Gasteiger partial charge in [-0.15, -0.1) is 0 Å². The Bertz CT molecular complexity index is 1260. The van der Waals surface area contributed by atoms with Gasteiger partial charge in [0.05, 0.1) is 26.9 Å². The van der Waals surface area contributed by atoms with Crippen LogP contribution < -0.4 is 10.6 Å². The number of hydrogen-bond donors (Lipinski definition) is 2. The number of rotatable bonds is 7. The van der Waals surface area contributed by atoms with Gasteiger partial charge in [0, 0.05) is 4.47 Å². The van der Waals surface area contributed by atoms with E-state index in [4.69, 9.17) is 5.14 Å². The molecular formula is C20H18BrN3O4S2. The molecule has 3 aromatic carbocycles. The summed E-state index contributed by atoms with van der Waals surface area (Å²) < 4.78 is 49.3. The Morgan fingerprint density at radius 3 is 2.00 bits per heavy atom. The molecule has 10 heteroatoms. The van der Waals surface area contributed by atoms with Crippen molar-refractivity contribution in [2.75, 3.05) is 11.2 Å². The summed E-state index contributed by atoms with van der Waals surface area (Å²) >= 11 is 3.36. The topological polar surface area (TPSA) is 119 Å². The van der Waals surface area contributed by atoms with Crippen molar-refractivity contribution >= 4 is 47.2 Å². The molecule has 0 radical (unpaired) electrons. The second-order valence-corrected chi connectivity index (χ2v) is 10.8. The summed E-state index contributed by atoms with van der Waals surface area (Å²) in [5.74, 6) is -0.319. The van der Waals surface area contributed by atoms with Crippen LogP contribution in [-0.4, -0.2) is 28.3 Å². The number of hydrogen-bond acceptors (Lipinski definition) is 6. The summed E-state index contributed by atoms with van der Waals surface area (Å²) in [6.07, 6.45) is 0. The average Bonchev–Trinajstić information content (AvgIpc) is 2.72. The molecule has 0 aliphatic heterocycles. The first-order valence-corrected chi connectivity index (χ1v) is 12.6. The summed E-state index contributed by atoms with van der Waals surface area (Å²) in [6, 6.07) is 20.9. The van der Waals surface area contributed by atoms with Crippen molar-refractivity contribution in [1.29, 1.82) is 0 Å². The SMILES string of the molecule is NS(=O)(=O)c1ccc(N/N=C(\CS(=O)(=O)c2ccccc2)c2ccc(Br)cc2)cc1. The minimum atomic E-state index is -3.80. The Morgan fingerprint density at radius 2 is 1.43 bits per heavy atom. The van der Waals surface area contributed by atoms with Crippen LogP contribution >= 0.6 is 15.9 Å². The van der Waals surface area contributed by atoms with E-state index in [9.17, 15) is 16.8 Å². The normalized spacial score (nSPS) is 12.5. The van der Waals surface area contributed by atoms with Crippen LogP contribution in [0.2, 0.25) is 0 Å². The second kappa shape index (κ2) is 9.09. The molecule has 0 heterocycles. The number of nitrogens with zero attached hydrogens (tertiary/aromatic N) is 1. The molecule has 3 rings (SSSR count). The van der Waals surface area contributed by atoms with Crippen molar-refractivity contribution in [3.8, 4) is 0 Å². The molecule has 3 N–H and O–H groups in total. The first-order chi connectivity index (χ1) is 14.1. The number of hydrazone groups is 1. The van der Waals surface area contributed by atoms with Gasteiger partial charge in [0.2, 0.25) is 10.0 Å². The highest BCUT2D eigenvalue weighted by Crippen LogP contribution is 2.17. The van der Waals surface area contributed by atoms with Gasteiger partial charge in [-0.25, -0.2) is 22.0 Å². The molecular weight excluding hydrogens is 490 g/mol. The van der Waals surface area contributed by atoms with Crippen LogP contribution in [0.4, 0.5) is 5.69 Å². The van der Waals surface area contributed by atoms with E-state index in [0.29, 0.717) is 17.0 Å². The van der Waals surface area contributed by atoms with Gasteiger partial charge in [-0.3, -0.25) is 5.43 Å². The van der Waals surface area contributed by atoms with Crippen molar-refractivity contribution in [2.45, 2.75) is 9.79 Å². The second-order valence-electron chi connectivity index (χ2n) is 6.32. The first-order valence-electron chi connectivity index (χ1n) is 8.64. The number of benzene rings is 3. The van der Waals surface area contributed by atoms with E-state index >= 15 is 0 Å². The number of nitrogens with one attached hydrogen (secondary N) is 1. The molecule has 156 valence electrons. The highest BCUT2D eigenvalue weighted by Gasteiger charge is 2.19. The van der Waals surface area contributed by atoms with E-state index in [0.717, 1.165) is 4.47 Å². The Kier molecular flexibility index (Phi) is 6.71. The standard InChI is InChI=1S/C20H18BrN3O4S2/c21-16-8-6-15(7-9-16)20(14-29(25,26)18-4-2-1-3-5-18)24-23-17-10-12-19(13-11-17)30(22,27)28/h1-13,23H,14H2,(H2,22,27,28)/b24-20+. The first kappa shape index (κ1) is 22.2. The van der Waals surface area contributed by atoms with Crippen LogP contribution in [0, 0.1) is 0 Å². The van der Waals surface area contributed by atoms with Crippen molar-refractivity contribution in [1.82, 2.24) is 0 Å². The molecule has 0 saturated heterocycles. The summed E-state index contributed by atoms with van der Waals surface area (Å²) in [5.41, 5.74) is 4.21. The average molecular weight is 508 g/mol. The monoisotopic (exact) mass is 507 g/mol. The number of sulfone groups is 1. The summed E-state index contributed by atoms with van der Waals surface area (Å²) in [6.45, 7) is 0. The third-order valence-corrected chi connectivity index (χ3v) is 7.21. The van der Waals surface area contributed by atoms with Gasteiger partial charge in [-0.2, -0.15) is 5.10 Å². The molecule has 30 heavy (non-hydrogen) atoms. The van der Waals surface area contributed by atoms with Gasteiger partial charge in [0.25, 0.3) is 0 Å². The molecule has 0 spiro atoms.